The average molecular weight is 284 g/mol. The second-order valence-electron chi connectivity index (χ2n) is 4.40. The van der Waals surface area contributed by atoms with Crippen molar-refractivity contribution in [1.82, 2.24) is 0 Å². The number of halogens is 2. The predicted octanol–water partition coefficient (Wildman–Crippen LogP) is 3.16. The maximum atomic E-state index is 14.0. The lowest BCUT2D eigenvalue weighted by Gasteiger charge is -2.21. The summed E-state index contributed by atoms with van der Waals surface area (Å²) in [7, 11) is 0. The van der Waals surface area contributed by atoms with Gasteiger partial charge < -0.3 is 15.3 Å². The summed E-state index contributed by atoms with van der Waals surface area (Å²) in [5.41, 5.74) is 6.76. The molecule has 5 heteroatoms. The Bertz CT molecular complexity index is 570. The van der Waals surface area contributed by atoms with Gasteiger partial charge in [-0.05, 0) is 30.2 Å². The van der Waals surface area contributed by atoms with Crippen LogP contribution in [-0.2, 0) is 0 Å². The monoisotopic (exact) mass is 283 g/mol. The first-order valence-electron chi connectivity index (χ1n) is 5.92. The van der Waals surface area contributed by atoms with E-state index in [1.165, 1.54) is 12.3 Å². The van der Waals surface area contributed by atoms with Crippen LogP contribution in [-0.4, -0.2) is 11.7 Å². The van der Waals surface area contributed by atoms with Gasteiger partial charge in [0.05, 0.1) is 11.3 Å². The maximum absolute atomic E-state index is 14.0. The van der Waals surface area contributed by atoms with Crippen LogP contribution in [0.3, 0.4) is 0 Å². The Morgan fingerprint density at radius 3 is 2.74 bits per heavy atom. The van der Waals surface area contributed by atoms with Crippen molar-refractivity contribution < 1.29 is 13.9 Å². The fourth-order valence-corrected chi connectivity index (χ4v) is 2.28. The molecule has 2 unspecified atom stereocenters. The highest BCUT2D eigenvalue weighted by molar-refractivity contribution is 6.30. The summed E-state index contributed by atoms with van der Waals surface area (Å²) in [6.45, 7) is 1.89. The molecule has 0 aliphatic carbocycles. The van der Waals surface area contributed by atoms with Gasteiger partial charge in [0.15, 0.2) is 0 Å². The van der Waals surface area contributed by atoms with Crippen molar-refractivity contribution in [1.29, 1.82) is 0 Å². The van der Waals surface area contributed by atoms with Gasteiger partial charge in [0, 0.05) is 12.5 Å². The molecule has 3 nitrogen and oxygen atoms in total. The number of aryl methyl sites for hydroxylation is 1. The van der Waals surface area contributed by atoms with E-state index in [4.69, 9.17) is 21.8 Å². The minimum atomic E-state index is -1.01. The third-order valence-corrected chi connectivity index (χ3v) is 3.48. The molecule has 0 spiro atoms. The van der Waals surface area contributed by atoms with E-state index in [0.717, 1.165) is 5.56 Å². The number of hydrogen-bond donors (Lipinski definition) is 2. The Hall–Kier alpha value is -1.36. The van der Waals surface area contributed by atoms with Gasteiger partial charge in [-0.1, -0.05) is 23.7 Å². The summed E-state index contributed by atoms with van der Waals surface area (Å²) in [5.74, 6) is -0.763. The lowest BCUT2D eigenvalue weighted by Crippen LogP contribution is -2.21. The second-order valence-corrected chi connectivity index (χ2v) is 4.81. The van der Waals surface area contributed by atoms with E-state index in [9.17, 15) is 9.50 Å². The van der Waals surface area contributed by atoms with Crippen LogP contribution in [0.5, 0.6) is 0 Å². The molecular formula is C14H15ClFNO2. The van der Waals surface area contributed by atoms with Crippen molar-refractivity contribution in [2.45, 2.75) is 18.9 Å². The lowest BCUT2D eigenvalue weighted by atomic mass is 9.90. The smallest absolute Gasteiger partial charge is 0.145 e. The molecule has 2 rings (SSSR count). The van der Waals surface area contributed by atoms with Crippen LogP contribution in [0.1, 0.15) is 28.9 Å². The summed E-state index contributed by atoms with van der Waals surface area (Å²) >= 11 is 5.75. The normalized spacial score (nSPS) is 14.4. The largest absolute Gasteiger partial charge is 0.466 e. The molecular weight excluding hydrogens is 269 g/mol. The number of rotatable bonds is 4. The van der Waals surface area contributed by atoms with E-state index in [1.807, 2.05) is 6.92 Å². The quantitative estimate of drug-likeness (QED) is 0.906. The molecule has 0 saturated carbocycles. The second kappa shape index (κ2) is 5.74. The SMILES string of the molecule is Cc1ccoc1C(O)C(CN)c1cccc(Cl)c1F. The number of aliphatic hydroxyl groups excluding tert-OH is 1. The molecule has 0 bridgehead atoms. The zero-order valence-corrected chi connectivity index (χ0v) is 11.2. The molecule has 3 N–H and O–H groups in total. The Morgan fingerprint density at radius 1 is 1.42 bits per heavy atom. The van der Waals surface area contributed by atoms with Crippen LogP contribution >= 0.6 is 11.6 Å². The van der Waals surface area contributed by atoms with E-state index in [0.29, 0.717) is 11.3 Å². The third-order valence-electron chi connectivity index (χ3n) is 3.19. The highest BCUT2D eigenvalue weighted by Crippen LogP contribution is 2.35. The summed E-state index contributed by atoms with van der Waals surface area (Å²) in [6.07, 6.45) is 0.475. The van der Waals surface area contributed by atoms with Gasteiger partial charge in [0.2, 0.25) is 0 Å². The van der Waals surface area contributed by atoms with Crippen LogP contribution in [0.2, 0.25) is 5.02 Å². The maximum Gasteiger partial charge on any atom is 0.145 e. The van der Waals surface area contributed by atoms with E-state index in [2.05, 4.69) is 0 Å². The lowest BCUT2D eigenvalue weighted by molar-refractivity contribution is 0.119. The van der Waals surface area contributed by atoms with Crippen LogP contribution in [0, 0.1) is 12.7 Å². The van der Waals surface area contributed by atoms with E-state index in [-0.39, 0.29) is 11.6 Å². The Kier molecular flexibility index (Phi) is 4.24. The molecule has 1 heterocycles. The standard InChI is InChI=1S/C14H15ClFNO2/c1-8-5-6-19-14(8)13(18)10(7-17)9-3-2-4-11(15)12(9)16/h2-6,10,13,18H,7,17H2,1H3. The molecule has 0 aliphatic rings. The Morgan fingerprint density at radius 2 is 2.16 bits per heavy atom. The summed E-state index contributed by atoms with van der Waals surface area (Å²) in [6, 6.07) is 6.39. The van der Waals surface area contributed by atoms with Gasteiger partial charge in [0.1, 0.15) is 17.7 Å². The Balaban J connectivity index is 2.40. The highest BCUT2D eigenvalue weighted by Gasteiger charge is 2.28. The van der Waals surface area contributed by atoms with Gasteiger partial charge in [-0.25, -0.2) is 4.39 Å². The molecule has 0 radical (unpaired) electrons. The molecule has 1 aromatic carbocycles. The number of aliphatic hydroxyl groups is 1. The molecule has 0 saturated heterocycles. The van der Waals surface area contributed by atoms with Crippen LogP contribution < -0.4 is 5.73 Å². The van der Waals surface area contributed by atoms with Crippen molar-refractivity contribution in [3.63, 3.8) is 0 Å². The third kappa shape index (κ3) is 2.66. The first-order valence-corrected chi connectivity index (χ1v) is 6.30. The van der Waals surface area contributed by atoms with Gasteiger partial charge in [-0.15, -0.1) is 0 Å². The molecule has 2 atom stereocenters. The fraction of sp³-hybridized carbons (Fsp3) is 0.286. The molecule has 19 heavy (non-hydrogen) atoms. The van der Waals surface area contributed by atoms with Gasteiger partial charge in [-0.3, -0.25) is 0 Å². The summed E-state index contributed by atoms with van der Waals surface area (Å²) < 4.78 is 19.3. The van der Waals surface area contributed by atoms with E-state index in [1.54, 1.807) is 18.2 Å². The molecule has 0 fully saturated rings. The van der Waals surface area contributed by atoms with Crippen LogP contribution in [0.4, 0.5) is 4.39 Å². The molecule has 1 aromatic heterocycles. The minimum absolute atomic E-state index is 0.0133. The van der Waals surface area contributed by atoms with Crippen LogP contribution in [0.25, 0.3) is 0 Å². The topological polar surface area (TPSA) is 59.4 Å². The van der Waals surface area contributed by atoms with E-state index < -0.39 is 17.8 Å². The molecule has 0 aliphatic heterocycles. The number of nitrogens with two attached hydrogens (primary N) is 1. The minimum Gasteiger partial charge on any atom is -0.466 e. The fourth-order valence-electron chi connectivity index (χ4n) is 2.10. The van der Waals surface area contributed by atoms with E-state index >= 15 is 0 Å². The van der Waals surface area contributed by atoms with Crippen molar-refractivity contribution in [2.75, 3.05) is 6.54 Å². The first-order chi connectivity index (χ1) is 9.06. The van der Waals surface area contributed by atoms with Crippen LogP contribution in [0.15, 0.2) is 34.9 Å². The number of hydrogen-bond acceptors (Lipinski definition) is 3. The highest BCUT2D eigenvalue weighted by atomic mass is 35.5. The number of furan rings is 1. The first kappa shape index (κ1) is 14.1. The van der Waals surface area contributed by atoms with Crippen molar-refractivity contribution in [3.05, 3.63) is 58.3 Å². The zero-order chi connectivity index (χ0) is 14.0. The van der Waals surface area contributed by atoms with Crippen molar-refractivity contribution >= 4 is 11.6 Å². The number of benzene rings is 1. The molecule has 0 amide bonds. The molecule has 102 valence electrons. The predicted molar refractivity (Wildman–Crippen MR) is 71.6 cm³/mol. The summed E-state index contributed by atoms with van der Waals surface area (Å²) in [4.78, 5) is 0. The van der Waals surface area contributed by atoms with Gasteiger partial charge >= 0.3 is 0 Å². The van der Waals surface area contributed by atoms with Crippen molar-refractivity contribution in [2.24, 2.45) is 5.73 Å². The van der Waals surface area contributed by atoms with Gasteiger partial charge in [-0.2, -0.15) is 0 Å². The average Bonchev–Trinajstić information content (AvgIpc) is 2.81. The molecule has 2 aromatic rings. The Labute approximate surface area is 115 Å². The van der Waals surface area contributed by atoms with Crippen molar-refractivity contribution in [3.8, 4) is 0 Å². The zero-order valence-electron chi connectivity index (χ0n) is 10.4. The van der Waals surface area contributed by atoms with Gasteiger partial charge in [0.25, 0.3) is 0 Å². The summed E-state index contributed by atoms with van der Waals surface area (Å²) in [5, 5.41) is 10.3.